The minimum Gasteiger partial charge on any atom is -0.272 e. The van der Waals surface area contributed by atoms with Gasteiger partial charge in [-0.1, -0.05) is 61.0 Å². The van der Waals surface area contributed by atoms with Crippen molar-refractivity contribution in [1.29, 1.82) is 0 Å². The van der Waals surface area contributed by atoms with Crippen LogP contribution in [0.4, 0.5) is 4.39 Å². The monoisotopic (exact) mass is 426 g/mol. The highest BCUT2D eigenvalue weighted by Gasteiger charge is 2.53. The van der Waals surface area contributed by atoms with Gasteiger partial charge in [-0.2, -0.15) is 5.01 Å². The number of hydrogen-bond acceptors (Lipinski definition) is 3. The molecule has 0 N–H and O–H groups in total. The summed E-state index contributed by atoms with van der Waals surface area (Å²) in [5.41, 5.74) is 0.330. The summed E-state index contributed by atoms with van der Waals surface area (Å²) in [6.45, 7) is 1.61. The van der Waals surface area contributed by atoms with Crippen molar-refractivity contribution in [3.05, 3.63) is 82.6 Å². The smallest absolute Gasteiger partial charge is 0.272 e. The van der Waals surface area contributed by atoms with Crippen LogP contribution in [0, 0.1) is 23.6 Å². The molecule has 5 nitrogen and oxygen atoms in total. The highest BCUT2D eigenvalue weighted by atomic mass is 35.5. The summed E-state index contributed by atoms with van der Waals surface area (Å²) in [5.74, 6) is -3.25. The van der Waals surface area contributed by atoms with Crippen molar-refractivity contribution in [2.45, 2.75) is 19.9 Å². The summed E-state index contributed by atoms with van der Waals surface area (Å²) in [5, 5.41) is 2.11. The fourth-order valence-electron chi connectivity index (χ4n) is 4.16. The molecule has 1 aliphatic carbocycles. The van der Waals surface area contributed by atoms with Crippen molar-refractivity contribution >= 4 is 29.3 Å². The Bertz CT molecular complexity index is 1050. The predicted octanol–water partition coefficient (Wildman–Crippen LogP) is 4.23. The summed E-state index contributed by atoms with van der Waals surface area (Å²) >= 11 is 6.20. The van der Waals surface area contributed by atoms with E-state index in [1.807, 2.05) is 19.1 Å². The molecule has 0 unspecified atom stereocenters. The lowest BCUT2D eigenvalue weighted by Gasteiger charge is -2.31. The highest BCUT2D eigenvalue weighted by Crippen LogP contribution is 2.39. The summed E-state index contributed by atoms with van der Waals surface area (Å²) in [6, 6.07) is 12.3. The minimum atomic E-state index is -0.634. The molecule has 2 aliphatic rings. The summed E-state index contributed by atoms with van der Waals surface area (Å²) < 4.78 is 14.4. The first-order valence-electron chi connectivity index (χ1n) is 9.74. The second-order valence-electron chi connectivity index (χ2n) is 7.58. The second-order valence-corrected chi connectivity index (χ2v) is 7.98. The number of rotatable bonds is 4. The minimum absolute atomic E-state index is 0.129. The number of imide groups is 1. The summed E-state index contributed by atoms with van der Waals surface area (Å²) in [7, 11) is 0. The van der Waals surface area contributed by atoms with Crippen LogP contribution in [0.15, 0.2) is 60.7 Å². The normalized spacial score (nSPS) is 22.9. The largest absolute Gasteiger partial charge is 0.274 e. The van der Waals surface area contributed by atoms with Crippen LogP contribution in [0.25, 0.3) is 0 Å². The molecule has 30 heavy (non-hydrogen) atoms. The van der Waals surface area contributed by atoms with Gasteiger partial charge in [0.25, 0.3) is 17.7 Å². The van der Waals surface area contributed by atoms with E-state index in [-0.39, 0.29) is 28.6 Å². The van der Waals surface area contributed by atoms with Crippen LogP contribution in [-0.2, 0) is 16.1 Å². The van der Waals surface area contributed by atoms with Crippen molar-refractivity contribution in [2.24, 2.45) is 17.8 Å². The van der Waals surface area contributed by atoms with Gasteiger partial charge in [-0.3, -0.25) is 14.4 Å². The first-order valence-corrected chi connectivity index (χ1v) is 10.1. The molecule has 0 spiro atoms. The van der Waals surface area contributed by atoms with E-state index in [9.17, 15) is 18.8 Å². The number of nitrogens with zero attached hydrogens (tertiary/aromatic N) is 2. The van der Waals surface area contributed by atoms with Crippen LogP contribution < -0.4 is 0 Å². The molecule has 0 radical (unpaired) electrons. The third-order valence-electron chi connectivity index (χ3n) is 5.71. The number of carbonyl (C=O) groups excluding carboxylic acids is 3. The van der Waals surface area contributed by atoms with Crippen LogP contribution in [0.1, 0.15) is 29.3 Å². The maximum Gasteiger partial charge on any atom is 0.274 e. The Labute approximate surface area is 178 Å². The lowest BCUT2D eigenvalue weighted by atomic mass is 9.78. The third kappa shape index (κ3) is 3.41. The molecule has 0 bridgehead atoms. The number of fused-ring (bicyclic) bond motifs is 1. The first-order chi connectivity index (χ1) is 14.4. The van der Waals surface area contributed by atoms with E-state index >= 15 is 0 Å². The van der Waals surface area contributed by atoms with Crippen molar-refractivity contribution in [1.82, 2.24) is 10.0 Å². The Morgan fingerprint density at radius 3 is 2.53 bits per heavy atom. The Balaban J connectivity index is 1.77. The van der Waals surface area contributed by atoms with Gasteiger partial charge in [-0.15, -0.1) is 0 Å². The van der Waals surface area contributed by atoms with Crippen molar-refractivity contribution in [3.8, 4) is 0 Å². The number of hydrazine groups is 1. The highest BCUT2D eigenvalue weighted by molar-refractivity contribution is 6.33. The molecule has 3 amide bonds. The van der Waals surface area contributed by atoms with E-state index in [2.05, 4.69) is 0 Å². The maximum atomic E-state index is 14.4. The lowest BCUT2D eigenvalue weighted by Crippen LogP contribution is -2.50. The average molecular weight is 427 g/mol. The van der Waals surface area contributed by atoms with Gasteiger partial charge in [0.15, 0.2) is 0 Å². The molecule has 1 aliphatic heterocycles. The number of amides is 3. The molecular weight excluding hydrogens is 407 g/mol. The predicted molar refractivity (Wildman–Crippen MR) is 109 cm³/mol. The zero-order valence-corrected chi connectivity index (χ0v) is 17.1. The second kappa shape index (κ2) is 8.03. The topological polar surface area (TPSA) is 57.7 Å². The quantitative estimate of drug-likeness (QED) is 0.543. The van der Waals surface area contributed by atoms with Gasteiger partial charge in [-0.25, -0.2) is 9.40 Å². The van der Waals surface area contributed by atoms with Crippen LogP contribution in [-0.4, -0.2) is 27.7 Å². The molecule has 1 heterocycles. The Morgan fingerprint density at radius 2 is 1.83 bits per heavy atom. The molecule has 2 aromatic rings. The van der Waals surface area contributed by atoms with Crippen LogP contribution in [0.3, 0.4) is 0 Å². The molecule has 1 saturated heterocycles. The van der Waals surface area contributed by atoms with E-state index in [0.29, 0.717) is 6.42 Å². The van der Waals surface area contributed by atoms with Crippen LogP contribution in [0.5, 0.6) is 0 Å². The van der Waals surface area contributed by atoms with Crippen molar-refractivity contribution in [3.63, 3.8) is 0 Å². The van der Waals surface area contributed by atoms with Crippen LogP contribution in [0.2, 0.25) is 5.02 Å². The fraction of sp³-hybridized carbons (Fsp3) is 0.261. The molecule has 4 rings (SSSR count). The molecule has 0 saturated carbocycles. The molecule has 0 aromatic heterocycles. The zero-order chi connectivity index (χ0) is 21.4. The van der Waals surface area contributed by atoms with E-state index < -0.39 is 35.4 Å². The number of halogens is 2. The molecular formula is C23H20ClFN2O3. The van der Waals surface area contributed by atoms with Crippen LogP contribution >= 0.6 is 11.6 Å². The SMILES string of the molecule is C[C@@H]1C=CC[C@H]2C(=O)N(N(Cc3ccccc3F)C(=O)c3ccccc3Cl)C(=O)[C@@H]12. The van der Waals surface area contributed by atoms with Crippen molar-refractivity contribution in [2.75, 3.05) is 0 Å². The van der Waals surface area contributed by atoms with Gasteiger partial charge in [-0.05, 0) is 30.5 Å². The van der Waals surface area contributed by atoms with Gasteiger partial charge in [0.1, 0.15) is 5.82 Å². The average Bonchev–Trinajstić information content (AvgIpc) is 2.99. The molecule has 3 atom stereocenters. The standard InChI is InChI=1S/C23H20ClFN2O3/c1-14-7-6-10-17-20(14)23(30)27(22(17)29)26(13-15-8-2-5-12-19(15)25)21(28)16-9-3-4-11-18(16)24/h2-9,11-12,14,17,20H,10,13H2,1H3/t14-,17-,20+/m1/s1. The van der Waals surface area contributed by atoms with E-state index in [0.717, 1.165) is 10.0 Å². The number of benzene rings is 2. The molecule has 154 valence electrons. The molecule has 2 aromatic carbocycles. The Kier molecular flexibility index (Phi) is 5.43. The fourth-order valence-corrected chi connectivity index (χ4v) is 4.38. The first kappa shape index (κ1) is 20.3. The summed E-state index contributed by atoms with van der Waals surface area (Å²) in [6.07, 6.45) is 4.23. The number of carbonyl (C=O) groups is 3. The Hall–Kier alpha value is -2.99. The van der Waals surface area contributed by atoms with Gasteiger partial charge in [0.2, 0.25) is 0 Å². The zero-order valence-electron chi connectivity index (χ0n) is 16.3. The van der Waals surface area contributed by atoms with E-state index in [1.54, 1.807) is 24.3 Å². The van der Waals surface area contributed by atoms with Gasteiger partial charge in [0, 0.05) is 5.56 Å². The molecule has 1 fully saturated rings. The van der Waals surface area contributed by atoms with Crippen molar-refractivity contribution < 1.29 is 18.8 Å². The lowest BCUT2D eigenvalue weighted by molar-refractivity contribution is -0.155. The number of hydrogen-bond donors (Lipinski definition) is 0. The number of allylic oxidation sites excluding steroid dienone is 2. The third-order valence-corrected chi connectivity index (χ3v) is 6.04. The molecule has 7 heteroatoms. The summed E-state index contributed by atoms with van der Waals surface area (Å²) in [4.78, 5) is 39.8. The van der Waals surface area contributed by atoms with E-state index in [1.165, 1.54) is 24.3 Å². The van der Waals surface area contributed by atoms with Gasteiger partial charge < -0.3 is 0 Å². The van der Waals surface area contributed by atoms with E-state index in [4.69, 9.17) is 11.6 Å². The Morgan fingerprint density at radius 1 is 1.13 bits per heavy atom. The van der Waals surface area contributed by atoms with Gasteiger partial charge in [0.05, 0.1) is 29.0 Å². The maximum absolute atomic E-state index is 14.4. The van der Waals surface area contributed by atoms with Gasteiger partial charge >= 0.3 is 0 Å².